The van der Waals surface area contributed by atoms with Gasteiger partial charge in [-0.05, 0) is 48.5 Å². The Labute approximate surface area is 195 Å². The molecule has 1 heterocycles. The van der Waals surface area contributed by atoms with Crippen LogP contribution in [0.3, 0.4) is 0 Å². The number of ether oxygens (including phenoxy) is 3. The summed E-state index contributed by atoms with van der Waals surface area (Å²) in [6, 6.07) is 9.36. The molecule has 0 N–H and O–H groups in total. The molecule has 12 heteroatoms. The molecule has 0 saturated carbocycles. The molecule has 34 heavy (non-hydrogen) atoms. The summed E-state index contributed by atoms with van der Waals surface area (Å²) in [4.78, 5) is 14.2. The zero-order chi connectivity index (χ0) is 24.9. The average molecular weight is 503 g/mol. The summed E-state index contributed by atoms with van der Waals surface area (Å²) in [6.45, 7) is 1.59. The maximum absolute atomic E-state index is 12.7. The second kappa shape index (κ2) is 10.6. The molecule has 0 spiro atoms. The van der Waals surface area contributed by atoms with Crippen molar-refractivity contribution in [3.05, 3.63) is 54.1 Å². The van der Waals surface area contributed by atoms with E-state index >= 15 is 0 Å². The Hall–Kier alpha value is -2.83. The Morgan fingerprint density at radius 3 is 2.06 bits per heavy atom. The number of hydrogen-bond donors (Lipinski definition) is 0. The fourth-order valence-corrected chi connectivity index (χ4v) is 4.40. The third kappa shape index (κ3) is 6.61. The van der Waals surface area contributed by atoms with Crippen LogP contribution in [0.5, 0.6) is 11.5 Å². The number of esters is 1. The Balaban J connectivity index is 1.78. The fourth-order valence-electron chi connectivity index (χ4n) is 3.48. The number of alkyl halides is 3. The van der Waals surface area contributed by atoms with Crippen molar-refractivity contribution in [2.75, 3.05) is 50.5 Å². The van der Waals surface area contributed by atoms with Crippen LogP contribution in [0.25, 0.3) is 0 Å². The number of morpholine rings is 1. The first kappa shape index (κ1) is 25.8. The molecule has 1 aliphatic rings. The van der Waals surface area contributed by atoms with Crippen LogP contribution < -0.4 is 9.04 Å². The van der Waals surface area contributed by atoms with Gasteiger partial charge in [0.2, 0.25) is 10.0 Å². The van der Waals surface area contributed by atoms with Crippen LogP contribution in [0, 0.1) is 0 Å². The van der Waals surface area contributed by atoms with E-state index in [4.69, 9.17) is 14.2 Å². The highest BCUT2D eigenvalue weighted by molar-refractivity contribution is 7.92. The van der Waals surface area contributed by atoms with Crippen molar-refractivity contribution in [3.8, 4) is 11.5 Å². The molecule has 0 aromatic heterocycles. The van der Waals surface area contributed by atoms with Crippen molar-refractivity contribution in [3.63, 3.8) is 0 Å². The van der Waals surface area contributed by atoms with E-state index in [1.54, 1.807) is 0 Å². The van der Waals surface area contributed by atoms with Gasteiger partial charge < -0.3 is 14.2 Å². The van der Waals surface area contributed by atoms with Crippen LogP contribution in [0.15, 0.2) is 48.5 Å². The van der Waals surface area contributed by atoms with Crippen molar-refractivity contribution >= 4 is 21.7 Å². The van der Waals surface area contributed by atoms with Gasteiger partial charge in [-0.3, -0.25) is 14.0 Å². The van der Waals surface area contributed by atoms with Crippen LogP contribution in [0.2, 0.25) is 0 Å². The monoisotopic (exact) mass is 502 g/mol. The molecule has 1 aliphatic heterocycles. The van der Waals surface area contributed by atoms with Crippen molar-refractivity contribution in [1.82, 2.24) is 4.90 Å². The Bertz CT molecular complexity index is 1070. The number of benzene rings is 2. The Morgan fingerprint density at radius 1 is 1.06 bits per heavy atom. The molecule has 0 amide bonds. The summed E-state index contributed by atoms with van der Waals surface area (Å²) < 4.78 is 80.1. The predicted octanol–water partition coefficient (Wildman–Crippen LogP) is 3.14. The minimum atomic E-state index is -4.45. The van der Waals surface area contributed by atoms with Gasteiger partial charge in [0.15, 0.2) is 0 Å². The van der Waals surface area contributed by atoms with E-state index < -0.39 is 33.8 Å². The Morgan fingerprint density at radius 2 is 1.59 bits per heavy atom. The first-order chi connectivity index (χ1) is 16.0. The van der Waals surface area contributed by atoms with Gasteiger partial charge in [0.05, 0.1) is 44.4 Å². The van der Waals surface area contributed by atoms with E-state index in [2.05, 4.69) is 0 Å². The van der Waals surface area contributed by atoms with Gasteiger partial charge in [0, 0.05) is 13.1 Å². The predicted molar refractivity (Wildman–Crippen MR) is 118 cm³/mol. The van der Waals surface area contributed by atoms with Crippen molar-refractivity contribution in [1.29, 1.82) is 0 Å². The van der Waals surface area contributed by atoms with Crippen molar-refractivity contribution < 1.29 is 40.6 Å². The first-order valence-corrected chi connectivity index (χ1v) is 12.2. The van der Waals surface area contributed by atoms with E-state index in [1.165, 1.54) is 43.5 Å². The molecule has 0 radical (unpaired) electrons. The van der Waals surface area contributed by atoms with Crippen LogP contribution in [0.1, 0.15) is 5.56 Å². The summed E-state index contributed by atoms with van der Waals surface area (Å²) in [5, 5.41) is 0. The molecule has 0 aliphatic carbocycles. The van der Waals surface area contributed by atoms with Crippen molar-refractivity contribution in [2.45, 2.75) is 12.2 Å². The van der Waals surface area contributed by atoms with Gasteiger partial charge in [-0.1, -0.05) is 0 Å². The molecule has 2 aromatic carbocycles. The molecule has 1 unspecified atom stereocenters. The normalized spacial score (nSPS) is 16.0. The topological polar surface area (TPSA) is 85.4 Å². The molecule has 1 saturated heterocycles. The summed E-state index contributed by atoms with van der Waals surface area (Å²) in [6.07, 6.45) is -3.41. The number of methoxy groups -OCH3 is 1. The number of halogens is 3. The number of rotatable bonds is 8. The fraction of sp³-hybridized carbons (Fsp3) is 0.409. The van der Waals surface area contributed by atoms with Crippen LogP contribution >= 0.6 is 0 Å². The first-order valence-electron chi connectivity index (χ1n) is 10.3. The van der Waals surface area contributed by atoms with E-state index in [-0.39, 0.29) is 12.3 Å². The maximum Gasteiger partial charge on any atom is 0.416 e. The van der Waals surface area contributed by atoms with Gasteiger partial charge in [0.25, 0.3) is 0 Å². The third-order valence-corrected chi connectivity index (χ3v) is 6.40. The number of carbonyl (C=O) groups is 1. The number of sulfonamides is 1. The number of carbonyl (C=O) groups excluding carboxylic acids is 1. The van der Waals surface area contributed by atoms with Gasteiger partial charge >= 0.3 is 12.1 Å². The molecular formula is C22H25F3N2O6S. The molecule has 1 atom stereocenters. The zero-order valence-electron chi connectivity index (χ0n) is 18.6. The van der Waals surface area contributed by atoms with E-state index in [0.29, 0.717) is 37.7 Å². The molecule has 186 valence electrons. The molecule has 8 nitrogen and oxygen atoms in total. The minimum absolute atomic E-state index is 0.162. The van der Waals surface area contributed by atoms with Crippen LogP contribution in [0.4, 0.5) is 18.9 Å². The smallest absolute Gasteiger partial charge is 0.416 e. The Kier molecular flexibility index (Phi) is 8.05. The lowest BCUT2D eigenvalue weighted by atomic mass is 10.2. The van der Waals surface area contributed by atoms with Gasteiger partial charge in [-0.25, -0.2) is 8.42 Å². The molecule has 2 aromatic rings. The van der Waals surface area contributed by atoms with Gasteiger partial charge in [-0.2, -0.15) is 13.2 Å². The maximum atomic E-state index is 12.7. The average Bonchev–Trinajstić information content (AvgIpc) is 2.79. The molecular weight excluding hydrogens is 477 g/mol. The highest BCUT2D eigenvalue weighted by Crippen LogP contribution is 2.32. The highest BCUT2D eigenvalue weighted by atomic mass is 32.2. The summed E-state index contributed by atoms with van der Waals surface area (Å²) >= 11 is 0. The van der Waals surface area contributed by atoms with Gasteiger partial charge in [-0.15, -0.1) is 0 Å². The SMILES string of the molecule is COC(=O)C(CN(c1ccc(Oc2ccc(C(F)(F)F)cc2)cc1)S(C)(=O)=O)N1CCOCC1. The number of nitrogens with zero attached hydrogens (tertiary/aromatic N) is 2. The summed E-state index contributed by atoms with van der Waals surface area (Å²) in [5.41, 5.74) is -0.496. The largest absolute Gasteiger partial charge is 0.468 e. The lowest BCUT2D eigenvalue weighted by Gasteiger charge is -2.35. The second-order valence-corrected chi connectivity index (χ2v) is 9.51. The third-order valence-electron chi connectivity index (χ3n) is 5.24. The molecule has 0 bridgehead atoms. The molecule has 1 fully saturated rings. The van der Waals surface area contributed by atoms with Crippen LogP contribution in [-0.4, -0.2) is 71.5 Å². The zero-order valence-corrected chi connectivity index (χ0v) is 19.4. The minimum Gasteiger partial charge on any atom is -0.468 e. The summed E-state index contributed by atoms with van der Waals surface area (Å²) in [7, 11) is -2.52. The second-order valence-electron chi connectivity index (χ2n) is 7.60. The van der Waals surface area contributed by atoms with E-state index in [9.17, 15) is 26.4 Å². The van der Waals surface area contributed by atoms with E-state index in [1.807, 2.05) is 4.90 Å². The molecule has 3 rings (SSSR count). The van der Waals surface area contributed by atoms with Gasteiger partial charge in [0.1, 0.15) is 17.5 Å². The highest BCUT2D eigenvalue weighted by Gasteiger charge is 2.33. The van der Waals surface area contributed by atoms with Crippen LogP contribution in [-0.2, 0) is 30.5 Å². The van der Waals surface area contributed by atoms with Crippen molar-refractivity contribution in [2.24, 2.45) is 0 Å². The number of hydrogen-bond acceptors (Lipinski definition) is 7. The summed E-state index contributed by atoms with van der Waals surface area (Å²) in [5.74, 6) is -0.0637. The lowest BCUT2D eigenvalue weighted by Crippen LogP contribution is -2.53. The quantitative estimate of drug-likeness (QED) is 0.513. The lowest BCUT2D eigenvalue weighted by molar-refractivity contribution is -0.148. The van der Waals surface area contributed by atoms with E-state index in [0.717, 1.165) is 22.7 Å². The standard InChI is InChI=1S/C22H25F3N2O6S/c1-31-21(28)20(26-11-13-32-14-12-26)15-27(34(2,29)30)17-5-9-19(10-6-17)33-18-7-3-16(4-8-18)22(23,24)25/h3-10,20H,11-15H2,1-2H3. The number of anilines is 1.